The summed E-state index contributed by atoms with van der Waals surface area (Å²) in [6, 6.07) is 4.55. The molecule has 0 atom stereocenters. The first-order valence-electron chi connectivity index (χ1n) is 9.70. The Morgan fingerprint density at radius 3 is 2.86 bits per heavy atom. The quantitative estimate of drug-likeness (QED) is 0.686. The Morgan fingerprint density at radius 1 is 1.39 bits per heavy atom. The zero-order valence-electron chi connectivity index (χ0n) is 15.8. The van der Waals surface area contributed by atoms with Crippen molar-refractivity contribution >= 4 is 38.7 Å². The van der Waals surface area contributed by atoms with E-state index in [0.717, 1.165) is 52.8 Å². The zero-order valence-corrected chi connectivity index (χ0v) is 16.7. The van der Waals surface area contributed by atoms with E-state index in [-0.39, 0.29) is 12.5 Å². The molecule has 3 heterocycles. The summed E-state index contributed by atoms with van der Waals surface area (Å²) in [5.41, 5.74) is 2.91. The maximum Gasteiger partial charge on any atom is 0.407 e. The van der Waals surface area contributed by atoms with E-state index in [9.17, 15) is 15.2 Å². The van der Waals surface area contributed by atoms with Crippen LogP contribution in [0.2, 0.25) is 0 Å². The molecule has 1 N–H and O–H groups in total. The van der Waals surface area contributed by atoms with E-state index < -0.39 is 6.09 Å². The number of thiophene rings is 1. The van der Waals surface area contributed by atoms with Gasteiger partial charge in [0.15, 0.2) is 0 Å². The van der Waals surface area contributed by atoms with Gasteiger partial charge in [0.05, 0.1) is 34.4 Å². The lowest BCUT2D eigenvalue weighted by atomic mass is 9.85. The van der Waals surface area contributed by atoms with E-state index in [1.807, 2.05) is 18.4 Å². The third-order valence-corrected chi connectivity index (χ3v) is 6.66. The summed E-state index contributed by atoms with van der Waals surface area (Å²) in [4.78, 5) is 22.0. The van der Waals surface area contributed by atoms with Gasteiger partial charge in [-0.1, -0.05) is 0 Å². The standard InChI is InChI=1S/C20H23N5O2S/c1-2-24(20(26)27)12-13-3-5-14(6-4-13)25-17(7-9-21)23-16-11-22-15-8-10-28-19(15)18(16)25/h8,10-11,13-14H,2-7,12H2,1H3,(H,26,27). The minimum absolute atomic E-state index is 0.282. The Bertz CT molecular complexity index is 1040. The maximum absolute atomic E-state index is 11.3. The number of fused-ring (bicyclic) bond motifs is 3. The topological polar surface area (TPSA) is 95.0 Å². The molecule has 0 saturated heterocycles. The molecule has 8 heteroatoms. The molecule has 0 bridgehead atoms. The molecule has 146 valence electrons. The van der Waals surface area contributed by atoms with Crippen LogP contribution in [0.15, 0.2) is 17.6 Å². The van der Waals surface area contributed by atoms with Crippen molar-refractivity contribution in [1.29, 1.82) is 5.26 Å². The Labute approximate surface area is 167 Å². The summed E-state index contributed by atoms with van der Waals surface area (Å²) < 4.78 is 3.39. The molecular weight excluding hydrogens is 374 g/mol. The fourth-order valence-electron chi connectivity index (χ4n) is 4.35. The molecular formula is C20H23N5O2S. The van der Waals surface area contributed by atoms with Gasteiger partial charge in [0.25, 0.3) is 0 Å². The molecule has 1 saturated carbocycles. The van der Waals surface area contributed by atoms with Crippen LogP contribution in [0.25, 0.3) is 21.3 Å². The number of hydrogen-bond acceptors (Lipinski definition) is 5. The van der Waals surface area contributed by atoms with Crippen LogP contribution in [0.5, 0.6) is 0 Å². The summed E-state index contributed by atoms with van der Waals surface area (Å²) in [7, 11) is 0. The van der Waals surface area contributed by atoms with Gasteiger partial charge in [-0.3, -0.25) is 4.98 Å². The maximum atomic E-state index is 11.3. The molecule has 0 aromatic carbocycles. The normalized spacial score (nSPS) is 19.7. The lowest BCUT2D eigenvalue weighted by molar-refractivity contribution is 0.130. The minimum Gasteiger partial charge on any atom is -0.465 e. The van der Waals surface area contributed by atoms with Gasteiger partial charge in [0.1, 0.15) is 11.3 Å². The highest BCUT2D eigenvalue weighted by molar-refractivity contribution is 7.18. The molecule has 1 aliphatic carbocycles. The number of carbonyl (C=O) groups is 1. The summed E-state index contributed by atoms with van der Waals surface area (Å²) in [5, 5.41) is 20.6. The van der Waals surface area contributed by atoms with E-state index in [1.54, 1.807) is 17.5 Å². The van der Waals surface area contributed by atoms with Gasteiger partial charge in [0, 0.05) is 19.1 Å². The van der Waals surface area contributed by atoms with Crippen molar-refractivity contribution < 1.29 is 9.90 Å². The van der Waals surface area contributed by atoms with Crippen LogP contribution in [-0.2, 0) is 6.42 Å². The Kier molecular flexibility index (Phi) is 5.18. The number of nitrogens with zero attached hydrogens (tertiary/aromatic N) is 5. The van der Waals surface area contributed by atoms with Crippen LogP contribution in [-0.4, -0.2) is 43.7 Å². The average molecular weight is 398 g/mol. The first-order valence-corrected chi connectivity index (χ1v) is 10.6. The fraction of sp³-hybridized carbons (Fsp3) is 0.500. The van der Waals surface area contributed by atoms with E-state index in [4.69, 9.17) is 4.98 Å². The van der Waals surface area contributed by atoms with Crippen LogP contribution in [0.4, 0.5) is 4.79 Å². The molecule has 1 aliphatic rings. The van der Waals surface area contributed by atoms with Crippen molar-refractivity contribution in [2.75, 3.05) is 13.1 Å². The van der Waals surface area contributed by atoms with Crippen molar-refractivity contribution in [2.24, 2.45) is 5.92 Å². The van der Waals surface area contributed by atoms with Gasteiger partial charge in [-0.15, -0.1) is 11.3 Å². The van der Waals surface area contributed by atoms with Crippen LogP contribution in [0.1, 0.15) is 44.5 Å². The molecule has 7 nitrogen and oxygen atoms in total. The molecule has 0 unspecified atom stereocenters. The molecule has 0 aliphatic heterocycles. The number of amides is 1. The van der Waals surface area contributed by atoms with Gasteiger partial charge >= 0.3 is 6.09 Å². The lowest BCUT2D eigenvalue weighted by Gasteiger charge is -2.32. The molecule has 4 rings (SSSR count). The first-order chi connectivity index (χ1) is 13.6. The van der Waals surface area contributed by atoms with Gasteiger partial charge < -0.3 is 14.6 Å². The molecule has 0 radical (unpaired) electrons. The van der Waals surface area contributed by atoms with E-state index in [2.05, 4.69) is 15.6 Å². The average Bonchev–Trinajstić information content (AvgIpc) is 3.30. The van der Waals surface area contributed by atoms with Crippen LogP contribution >= 0.6 is 11.3 Å². The number of imidazole rings is 1. The van der Waals surface area contributed by atoms with Gasteiger partial charge in [0.2, 0.25) is 0 Å². The number of pyridine rings is 1. The highest BCUT2D eigenvalue weighted by atomic mass is 32.1. The Hall–Kier alpha value is -2.66. The van der Waals surface area contributed by atoms with Crippen LogP contribution in [0.3, 0.4) is 0 Å². The molecule has 1 amide bonds. The van der Waals surface area contributed by atoms with E-state index in [0.29, 0.717) is 19.0 Å². The number of hydrogen-bond donors (Lipinski definition) is 1. The predicted molar refractivity (Wildman–Crippen MR) is 108 cm³/mol. The summed E-state index contributed by atoms with van der Waals surface area (Å²) in [6.07, 6.45) is 5.16. The highest BCUT2D eigenvalue weighted by Gasteiger charge is 2.28. The largest absolute Gasteiger partial charge is 0.465 e. The second-order valence-corrected chi connectivity index (χ2v) is 8.27. The zero-order chi connectivity index (χ0) is 19.7. The SMILES string of the molecule is CCN(CC1CCC(n2c(CC#N)nc3cnc4ccsc4c32)CC1)C(=O)O. The highest BCUT2D eigenvalue weighted by Crippen LogP contribution is 2.38. The third-order valence-electron chi connectivity index (χ3n) is 5.75. The molecule has 3 aromatic rings. The monoisotopic (exact) mass is 397 g/mol. The lowest BCUT2D eigenvalue weighted by Crippen LogP contribution is -2.35. The van der Waals surface area contributed by atoms with Crippen molar-refractivity contribution in [1.82, 2.24) is 19.4 Å². The van der Waals surface area contributed by atoms with Crippen molar-refractivity contribution in [3.63, 3.8) is 0 Å². The Morgan fingerprint density at radius 2 is 2.18 bits per heavy atom. The van der Waals surface area contributed by atoms with Crippen LogP contribution < -0.4 is 0 Å². The summed E-state index contributed by atoms with van der Waals surface area (Å²) >= 11 is 1.66. The number of aromatic nitrogens is 3. The van der Waals surface area contributed by atoms with Crippen molar-refractivity contribution in [3.05, 3.63) is 23.5 Å². The number of nitriles is 1. The number of rotatable bonds is 5. The molecule has 1 fully saturated rings. The van der Waals surface area contributed by atoms with Gasteiger partial charge in [-0.25, -0.2) is 9.78 Å². The predicted octanol–water partition coefficient (Wildman–Crippen LogP) is 4.44. The van der Waals surface area contributed by atoms with Gasteiger partial charge in [-0.2, -0.15) is 5.26 Å². The molecule has 0 spiro atoms. The first kappa shape index (κ1) is 18.7. The van der Waals surface area contributed by atoms with Crippen molar-refractivity contribution in [2.45, 2.75) is 45.1 Å². The summed E-state index contributed by atoms with van der Waals surface area (Å²) in [5.74, 6) is 1.20. The Balaban J connectivity index is 1.63. The van der Waals surface area contributed by atoms with Crippen LogP contribution in [0, 0.1) is 17.2 Å². The minimum atomic E-state index is -0.839. The molecule has 28 heavy (non-hydrogen) atoms. The number of carboxylic acid groups (broad SMARTS) is 1. The van der Waals surface area contributed by atoms with E-state index in [1.165, 1.54) is 4.90 Å². The van der Waals surface area contributed by atoms with Crippen molar-refractivity contribution in [3.8, 4) is 6.07 Å². The second kappa shape index (κ2) is 7.76. The smallest absolute Gasteiger partial charge is 0.407 e. The second-order valence-electron chi connectivity index (χ2n) is 7.36. The summed E-state index contributed by atoms with van der Waals surface area (Å²) in [6.45, 7) is 3.01. The van der Waals surface area contributed by atoms with E-state index >= 15 is 0 Å². The molecule has 3 aromatic heterocycles. The fourth-order valence-corrected chi connectivity index (χ4v) is 5.24. The van der Waals surface area contributed by atoms with Gasteiger partial charge in [-0.05, 0) is 50.0 Å². The third kappa shape index (κ3) is 3.31.